The van der Waals surface area contributed by atoms with E-state index in [1.807, 2.05) is 12.3 Å². The first kappa shape index (κ1) is 11.8. The van der Waals surface area contributed by atoms with Crippen LogP contribution < -0.4 is 0 Å². The normalized spacial score (nSPS) is 11.3. The summed E-state index contributed by atoms with van der Waals surface area (Å²) in [4.78, 5) is 6.67. The van der Waals surface area contributed by atoms with Crippen molar-refractivity contribution in [3.63, 3.8) is 0 Å². The van der Waals surface area contributed by atoms with E-state index in [2.05, 4.69) is 35.7 Å². The Labute approximate surface area is 81.7 Å². The van der Waals surface area contributed by atoms with E-state index >= 15 is 0 Å². The minimum absolute atomic E-state index is 1.10. The number of aliphatic imine (C=N–C) groups is 1. The van der Waals surface area contributed by atoms with Crippen LogP contribution in [-0.2, 0) is 0 Å². The summed E-state index contributed by atoms with van der Waals surface area (Å²) in [5.74, 6) is 0. The second-order valence-corrected chi connectivity index (χ2v) is 10.8. The molecule has 68 valence electrons. The van der Waals surface area contributed by atoms with Gasteiger partial charge in [-0.15, -0.1) is 0 Å². The van der Waals surface area contributed by atoms with E-state index in [1.165, 1.54) is 9.95 Å². The molecule has 2 nitrogen and oxygen atoms in total. The molecule has 0 bridgehead atoms. The van der Waals surface area contributed by atoms with Gasteiger partial charge in [0.1, 0.15) is 0 Å². The van der Waals surface area contributed by atoms with Crippen LogP contribution in [0.25, 0.3) is 0 Å². The van der Waals surface area contributed by atoms with Gasteiger partial charge in [-0.05, 0) is 0 Å². The quantitative estimate of drug-likeness (QED) is 0.517. The topological polar surface area (TPSA) is 15.6 Å². The van der Waals surface area contributed by atoms with Crippen LogP contribution in [0.1, 0.15) is 13.8 Å². The van der Waals surface area contributed by atoms with Gasteiger partial charge in [-0.1, -0.05) is 0 Å². The molecule has 3 heteroatoms. The Morgan fingerprint density at radius 1 is 1.33 bits per heavy atom. The molecule has 0 saturated heterocycles. The van der Waals surface area contributed by atoms with E-state index in [0.717, 1.165) is 0 Å². The number of hydrogen-bond acceptors (Lipinski definition) is 2. The Hall–Kier alpha value is -0.154. The number of allylic oxidation sites excluding steroid dienone is 1. The number of hydrogen-bond donors (Lipinski definition) is 0. The molecule has 0 N–H and O–H groups in total. The van der Waals surface area contributed by atoms with Gasteiger partial charge in [-0.2, -0.15) is 0 Å². The van der Waals surface area contributed by atoms with Crippen molar-refractivity contribution in [1.29, 1.82) is 0 Å². The Balaban J connectivity index is 3.90. The zero-order chi connectivity index (χ0) is 9.40. The zero-order valence-corrected chi connectivity index (χ0v) is 11.0. The molecule has 0 spiro atoms. The van der Waals surface area contributed by atoms with Gasteiger partial charge in [0.25, 0.3) is 0 Å². The van der Waals surface area contributed by atoms with Crippen LogP contribution in [0.15, 0.2) is 17.3 Å². The summed E-state index contributed by atoms with van der Waals surface area (Å²) < 4.78 is 2.43. The molecule has 0 atom stereocenters. The first-order valence-corrected chi connectivity index (χ1v) is 9.08. The Morgan fingerprint density at radius 2 is 1.92 bits per heavy atom. The average Bonchev–Trinajstić information content (AvgIpc) is 2.07. The molecule has 0 heterocycles. The van der Waals surface area contributed by atoms with Crippen LogP contribution in [0, 0.1) is 0 Å². The Bertz CT molecular complexity index is 151. The fourth-order valence-electron chi connectivity index (χ4n) is 1.25. The van der Waals surface area contributed by atoms with Gasteiger partial charge < -0.3 is 0 Å². The van der Waals surface area contributed by atoms with E-state index in [4.69, 9.17) is 0 Å². The van der Waals surface area contributed by atoms with Crippen molar-refractivity contribution < 1.29 is 0 Å². The van der Waals surface area contributed by atoms with Gasteiger partial charge in [0.05, 0.1) is 0 Å². The maximum absolute atomic E-state index is 3.90. The molecule has 0 fully saturated rings. The van der Waals surface area contributed by atoms with Gasteiger partial charge in [0, 0.05) is 0 Å². The molecule has 0 saturated carbocycles. The second-order valence-electron chi connectivity index (χ2n) is 2.88. The average molecular weight is 225 g/mol. The zero-order valence-electron chi connectivity index (χ0n) is 8.62. The molecule has 0 radical (unpaired) electrons. The summed E-state index contributed by atoms with van der Waals surface area (Å²) in [6.07, 6.45) is 6.01. The Kier molecular flexibility index (Phi) is 7.40. The van der Waals surface area contributed by atoms with Crippen LogP contribution in [0.2, 0.25) is 9.95 Å². The molecule has 12 heavy (non-hydrogen) atoms. The standard InChI is InChI=1S/C5H9N2.2C2H5.Ga/c1-6-4-3-5-7-2;2*1-2;/h3-5H,1-2H3;2*1H2,2H3;/q-1;;;+1/b4-3-,7-5?;;;. The first-order chi connectivity index (χ1) is 5.76. The molecule has 0 aromatic carbocycles. The maximum atomic E-state index is 3.90. The summed E-state index contributed by atoms with van der Waals surface area (Å²) >= 11 is -1.10. The van der Waals surface area contributed by atoms with Crippen LogP contribution in [0.3, 0.4) is 0 Å². The summed E-state index contributed by atoms with van der Waals surface area (Å²) in [5.41, 5.74) is 0. The molecular formula is C9H19GaN2. The van der Waals surface area contributed by atoms with Gasteiger partial charge in [-0.3, -0.25) is 0 Å². The third kappa shape index (κ3) is 4.67. The second kappa shape index (κ2) is 7.49. The van der Waals surface area contributed by atoms with Crippen molar-refractivity contribution >= 4 is 22.7 Å². The molecule has 0 aromatic rings. The molecule has 0 aliphatic heterocycles. The summed E-state index contributed by atoms with van der Waals surface area (Å²) in [6.45, 7) is 4.60. The van der Waals surface area contributed by atoms with E-state index in [1.54, 1.807) is 7.05 Å². The monoisotopic (exact) mass is 224 g/mol. The van der Waals surface area contributed by atoms with Gasteiger partial charge >= 0.3 is 81.4 Å². The van der Waals surface area contributed by atoms with E-state index in [-0.39, 0.29) is 0 Å². The Morgan fingerprint density at radius 3 is 2.33 bits per heavy atom. The van der Waals surface area contributed by atoms with E-state index in [9.17, 15) is 0 Å². The van der Waals surface area contributed by atoms with Crippen molar-refractivity contribution in [3.05, 3.63) is 12.3 Å². The predicted octanol–water partition coefficient (Wildman–Crippen LogP) is 2.16. The van der Waals surface area contributed by atoms with E-state index < -0.39 is 16.5 Å². The summed E-state index contributed by atoms with van der Waals surface area (Å²) in [6, 6.07) is 0. The number of rotatable bonds is 5. The van der Waals surface area contributed by atoms with Gasteiger partial charge in [0.15, 0.2) is 0 Å². The van der Waals surface area contributed by atoms with Crippen LogP contribution in [0.4, 0.5) is 0 Å². The van der Waals surface area contributed by atoms with Crippen molar-refractivity contribution in [2.45, 2.75) is 23.8 Å². The van der Waals surface area contributed by atoms with Crippen LogP contribution >= 0.6 is 0 Å². The predicted molar refractivity (Wildman–Crippen MR) is 58.0 cm³/mol. The SMILES string of the molecule is C[CH2][Ga]([CH2]C)[N](C)/C=C\C=NC. The summed E-state index contributed by atoms with van der Waals surface area (Å²) in [5, 5.41) is 0. The molecule has 0 aliphatic carbocycles. The minimum atomic E-state index is -1.10. The van der Waals surface area contributed by atoms with Crippen LogP contribution in [-0.4, -0.2) is 40.4 Å². The molecule has 0 amide bonds. The van der Waals surface area contributed by atoms with Crippen molar-refractivity contribution in [2.24, 2.45) is 4.99 Å². The molecule has 0 aliphatic rings. The summed E-state index contributed by atoms with van der Waals surface area (Å²) in [7, 11) is 3.99. The van der Waals surface area contributed by atoms with Crippen molar-refractivity contribution in [1.82, 2.24) is 3.61 Å². The van der Waals surface area contributed by atoms with Gasteiger partial charge in [-0.25, -0.2) is 0 Å². The fourth-order valence-corrected chi connectivity index (χ4v) is 5.59. The first-order valence-electron chi connectivity index (χ1n) is 4.57. The fraction of sp³-hybridized carbons (Fsp3) is 0.667. The van der Waals surface area contributed by atoms with Gasteiger partial charge in [0.2, 0.25) is 0 Å². The van der Waals surface area contributed by atoms with Crippen LogP contribution in [0.5, 0.6) is 0 Å². The molecule has 0 rings (SSSR count). The third-order valence-electron chi connectivity index (χ3n) is 2.07. The number of nitrogens with zero attached hydrogens (tertiary/aromatic N) is 2. The van der Waals surface area contributed by atoms with Crippen molar-refractivity contribution in [2.75, 3.05) is 14.1 Å². The van der Waals surface area contributed by atoms with E-state index in [0.29, 0.717) is 0 Å². The molecule has 0 aromatic heterocycles. The van der Waals surface area contributed by atoms with Crippen molar-refractivity contribution in [3.8, 4) is 0 Å². The molecule has 0 unspecified atom stereocenters. The molecular weight excluding hydrogens is 206 g/mol. The third-order valence-corrected chi connectivity index (χ3v) is 8.81.